The fourth-order valence-corrected chi connectivity index (χ4v) is 8.91. The molecular weight excluding hydrogens is 881 g/mol. The lowest BCUT2D eigenvalue weighted by molar-refractivity contribution is -0.141. The van der Waals surface area contributed by atoms with Crippen molar-refractivity contribution in [2.24, 2.45) is 0 Å². The topological polar surface area (TPSA) is 108 Å². The molecule has 4 rings (SSSR count). The first-order chi connectivity index (χ1) is 34.4. The van der Waals surface area contributed by atoms with Crippen LogP contribution in [0, 0.1) is 0 Å². The second-order valence-electron chi connectivity index (χ2n) is 19.1. The fourth-order valence-electron chi connectivity index (χ4n) is 8.91. The number of hydrogen-bond donors (Lipinski definition) is 0. The van der Waals surface area contributed by atoms with Crippen LogP contribution in [0.5, 0.6) is 34.5 Å². The molecule has 0 fully saturated rings. The SMILES string of the molecule is CCCCCCOc1cc2c3cc(OCCCCCC)c(OCCCCCC)cc3c3cc(OCCCCCCCC(=O)OC)c(OCCCCCCCC(=O)OC)cc3c2cc1OCCCCCC. The molecule has 0 aliphatic carbocycles. The smallest absolute Gasteiger partial charge is 0.305 e. The predicted octanol–water partition coefficient (Wildman–Crippen LogP) is 16.8. The highest BCUT2D eigenvalue weighted by atomic mass is 16.5. The summed E-state index contributed by atoms with van der Waals surface area (Å²) >= 11 is 0. The van der Waals surface area contributed by atoms with Crippen molar-refractivity contribution in [2.45, 2.75) is 207 Å². The van der Waals surface area contributed by atoms with Crippen molar-refractivity contribution in [3.05, 3.63) is 36.4 Å². The maximum atomic E-state index is 11.6. The van der Waals surface area contributed by atoms with Gasteiger partial charge in [0.2, 0.25) is 0 Å². The monoisotopic (exact) mass is 973 g/mol. The molecule has 0 spiro atoms. The van der Waals surface area contributed by atoms with Gasteiger partial charge in [-0.15, -0.1) is 0 Å². The van der Waals surface area contributed by atoms with E-state index < -0.39 is 0 Å². The van der Waals surface area contributed by atoms with Crippen LogP contribution in [0.3, 0.4) is 0 Å². The number of ether oxygens (including phenoxy) is 8. The van der Waals surface area contributed by atoms with Crippen LogP contribution in [-0.2, 0) is 19.1 Å². The van der Waals surface area contributed by atoms with Crippen LogP contribution in [0.4, 0.5) is 0 Å². The third kappa shape index (κ3) is 20.6. The largest absolute Gasteiger partial charge is 0.490 e. The summed E-state index contributed by atoms with van der Waals surface area (Å²) < 4.78 is 49.7. The van der Waals surface area contributed by atoms with Gasteiger partial charge in [-0.3, -0.25) is 9.59 Å². The Labute approximate surface area is 422 Å². The summed E-state index contributed by atoms with van der Waals surface area (Å²) in [5.41, 5.74) is 0. The van der Waals surface area contributed by atoms with E-state index in [-0.39, 0.29) is 11.9 Å². The van der Waals surface area contributed by atoms with E-state index in [9.17, 15) is 9.59 Å². The summed E-state index contributed by atoms with van der Waals surface area (Å²) in [5.74, 6) is 4.20. The van der Waals surface area contributed by atoms with E-state index in [1.165, 1.54) is 65.6 Å². The van der Waals surface area contributed by atoms with E-state index in [4.69, 9.17) is 37.9 Å². The summed E-state index contributed by atoms with van der Waals surface area (Å²) in [6, 6.07) is 13.1. The molecule has 4 aromatic rings. The average Bonchev–Trinajstić information content (AvgIpc) is 3.37. The summed E-state index contributed by atoms with van der Waals surface area (Å²) in [7, 11) is 2.89. The van der Waals surface area contributed by atoms with E-state index >= 15 is 0 Å². The molecule has 0 atom stereocenters. The van der Waals surface area contributed by atoms with E-state index in [1.807, 2.05) is 0 Å². The van der Waals surface area contributed by atoms with Crippen molar-refractivity contribution in [2.75, 3.05) is 53.9 Å². The molecule has 0 aliphatic heterocycles. The highest BCUT2D eigenvalue weighted by Gasteiger charge is 2.21. The number of methoxy groups -OCH3 is 2. The van der Waals surface area contributed by atoms with Gasteiger partial charge < -0.3 is 37.9 Å². The molecule has 0 aliphatic rings. The van der Waals surface area contributed by atoms with Gasteiger partial charge in [-0.2, -0.15) is 0 Å². The molecule has 392 valence electrons. The van der Waals surface area contributed by atoms with Gasteiger partial charge in [-0.1, -0.05) is 143 Å². The summed E-state index contributed by atoms with van der Waals surface area (Å²) in [6.45, 7) is 12.5. The molecule has 0 saturated heterocycles. The summed E-state index contributed by atoms with van der Waals surface area (Å²) in [6.07, 6.45) is 28.2. The van der Waals surface area contributed by atoms with Crippen molar-refractivity contribution in [3.8, 4) is 34.5 Å². The molecule has 0 bridgehead atoms. The molecule has 0 radical (unpaired) electrons. The lowest BCUT2D eigenvalue weighted by atomic mass is 9.93. The number of benzene rings is 4. The van der Waals surface area contributed by atoms with Gasteiger partial charge in [0.05, 0.1) is 53.9 Å². The number of carbonyl (C=O) groups excluding carboxylic acids is 2. The standard InChI is InChI=1S/C60H92O10/c1-7-11-15-27-35-65-53-41-47-48-42-54(66-36-28-16-12-8-2)56(68-38-30-18-14-10-4)44-50(48)52-46-58(70-40-32-24-20-22-26-34-60(62)64-6)57(69-39-31-23-19-21-25-33-59(61)63-5)45-51(52)49(47)43-55(53)67-37-29-17-13-9-3/h41-46H,7-40H2,1-6H3. The van der Waals surface area contributed by atoms with Crippen molar-refractivity contribution in [1.82, 2.24) is 0 Å². The number of unbranched alkanes of at least 4 members (excludes halogenated alkanes) is 20. The maximum Gasteiger partial charge on any atom is 0.305 e. The molecule has 0 unspecified atom stereocenters. The maximum absolute atomic E-state index is 11.6. The van der Waals surface area contributed by atoms with Crippen LogP contribution >= 0.6 is 0 Å². The molecule has 0 saturated carbocycles. The van der Waals surface area contributed by atoms with E-state index in [1.54, 1.807) is 0 Å². The van der Waals surface area contributed by atoms with Crippen molar-refractivity contribution in [1.29, 1.82) is 0 Å². The fraction of sp³-hybridized carbons (Fsp3) is 0.667. The number of rotatable bonds is 42. The minimum absolute atomic E-state index is 0.152. The van der Waals surface area contributed by atoms with Gasteiger partial charge in [0.25, 0.3) is 0 Å². The summed E-state index contributed by atoms with van der Waals surface area (Å²) in [5, 5.41) is 6.33. The number of hydrogen-bond acceptors (Lipinski definition) is 10. The van der Waals surface area contributed by atoms with Crippen molar-refractivity contribution >= 4 is 44.3 Å². The van der Waals surface area contributed by atoms with E-state index in [2.05, 4.69) is 64.1 Å². The zero-order valence-electron chi connectivity index (χ0n) is 44.6. The highest BCUT2D eigenvalue weighted by Crippen LogP contribution is 2.47. The number of carbonyl (C=O) groups is 2. The quantitative estimate of drug-likeness (QED) is 0.0242. The Kier molecular flexibility index (Phi) is 29.4. The first-order valence-electron chi connectivity index (χ1n) is 27.8. The molecule has 0 aromatic heterocycles. The van der Waals surface area contributed by atoms with Crippen LogP contribution in [0.2, 0.25) is 0 Å². The zero-order chi connectivity index (χ0) is 50.0. The van der Waals surface area contributed by atoms with E-state index in [0.717, 1.165) is 182 Å². The van der Waals surface area contributed by atoms with Gasteiger partial charge in [-0.05, 0) is 120 Å². The Morgan fingerprint density at radius 2 is 0.471 bits per heavy atom. The Morgan fingerprint density at radius 3 is 0.671 bits per heavy atom. The lowest BCUT2D eigenvalue weighted by Crippen LogP contribution is -2.05. The van der Waals surface area contributed by atoms with Crippen LogP contribution in [0.1, 0.15) is 207 Å². The molecule has 0 amide bonds. The van der Waals surface area contributed by atoms with Crippen LogP contribution < -0.4 is 28.4 Å². The van der Waals surface area contributed by atoms with Gasteiger partial charge in [0.1, 0.15) is 0 Å². The van der Waals surface area contributed by atoms with Gasteiger partial charge in [0, 0.05) is 12.8 Å². The van der Waals surface area contributed by atoms with Crippen molar-refractivity contribution < 1.29 is 47.5 Å². The lowest BCUT2D eigenvalue weighted by Gasteiger charge is -2.21. The Balaban J connectivity index is 1.85. The molecule has 4 aromatic carbocycles. The first-order valence-corrected chi connectivity index (χ1v) is 27.8. The zero-order valence-corrected chi connectivity index (χ0v) is 44.6. The minimum atomic E-state index is -0.152. The first kappa shape index (κ1) is 58.0. The van der Waals surface area contributed by atoms with Crippen LogP contribution in [-0.4, -0.2) is 65.8 Å². The Hall–Kier alpha value is -4.60. The second kappa shape index (κ2) is 35.5. The Bertz CT molecular complexity index is 1930. The molecular formula is C60H92O10. The second-order valence-corrected chi connectivity index (χ2v) is 19.1. The van der Waals surface area contributed by atoms with Crippen molar-refractivity contribution in [3.63, 3.8) is 0 Å². The minimum Gasteiger partial charge on any atom is -0.490 e. The van der Waals surface area contributed by atoms with Gasteiger partial charge >= 0.3 is 11.9 Å². The molecule has 70 heavy (non-hydrogen) atoms. The number of esters is 2. The molecule has 10 heteroatoms. The summed E-state index contributed by atoms with van der Waals surface area (Å²) in [4.78, 5) is 23.3. The molecule has 0 heterocycles. The van der Waals surface area contributed by atoms with Gasteiger partial charge in [0.15, 0.2) is 34.5 Å². The molecule has 0 N–H and O–H groups in total. The Morgan fingerprint density at radius 1 is 0.286 bits per heavy atom. The predicted molar refractivity (Wildman–Crippen MR) is 288 cm³/mol. The molecule has 10 nitrogen and oxygen atoms in total. The van der Waals surface area contributed by atoms with Crippen LogP contribution in [0.15, 0.2) is 36.4 Å². The third-order valence-corrected chi connectivity index (χ3v) is 13.2. The third-order valence-electron chi connectivity index (χ3n) is 13.2. The average molecular weight is 973 g/mol. The van der Waals surface area contributed by atoms with Gasteiger partial charge in [-0.25, -0.2) is 0 Å². The number of fused-ring (bicyclic) bond motifs is 6. The highest BCUT2D eigenvalue weighted by molar-refractivity contribution is 6.26. The van der Waals surface area contributed by atoms with E-state index in [0.29, 0.717) is 52.5 Å². The normalized spacial score (nSPS) is 11.3. The van der Waals surface area contributed by atoms with Crippen LogP contribution in [0.25, 0.3) is 32.3 Å².